The number of fused-ring (bicyclic) bond motifs is 1. The van der Waals surface area contributed by atoms with Crippen molar-refractivity contribution in [3.05, 3.63) is 34.3 Å². The number of rotatable bonds is 2. The number of aromatic carboxylic acids is 1. The third-order valence-electron chi connectivity index (χ3n) is 2.38. The average Bonchev–Trinajstić information content (AvgIpc) is 2.56. The van der Waals surface area contributed by atoms with Crippen LogP contribution in [0.4, 0.5) is 0 Å². The number of carboxylic acid groups (broad SMARTS) is 1. The number of halogens is 1. The van der Waals surface area contributed by atoms with Crippen molar-refractivity contribution in [3.8, 4) is 0 Å². The molecule has 2 aromatic rings. The Morgan fingerprint density at radius 1 is 1.50 bits per heavy atom. The number of carbonyl (C=O) groups is 1. The third-order valence-corrected chi connectivity index (χ3v) is 2.97. The molecule has 4 nitrogen and oxygen atoms in total. The fraction of sp³-hybridized carbons (Fsp3) is 0.273. The van der Waals surface area contributed by atoms with Gasteiger partial charge in [-0.05, 0) is 28.1 Å². The Labute approximate surface area is 101 Å². The molecule has 0 atom stereocenters. The Balaban J connectivity index is 2.74. The molecule has 0 unspecified atom stereocenters. The zero-order chi connectivity index (χ0) is 11.9. The SMILES string of the molecule is CC(C)c1nc(Br)c2ccc(C(=O)O)cn12. The van der Waals surface area contributed by atoms with Gasteiger partial charge in [0, 0.05) is 12.1 Å². The summed E-state index contributed by atoms with van der Waals surface area (Å²) >= 11 is 3.37. The molecule has 0 saturated heterocycles. The summed E-state index contributed by atoms with van der Waals surface area (Å²) < 4.78 is 2.56. The number of hydrogen-bond acceptors (Lipinski definition) is 2. The number of imidazole rings is 1. The van der Waals surface area contributed by atoms with E-state index in [1.807, 2.05) is 18.2 Å². The fourth-order valence-corrected chi connectivity index (χ4v) is 2.11. The van der Waals surface area contributed by atoms with Gasteiger partial charge in [-0.1, -0.05) is 13.8 Å². The third kappa shape index (κ3) is 1.71. The van der Waals surface area contributed by atoms with E-state index in [9.17, 15) is 4.79 Å². The van der Waals surface area contributed by atoms with E-state index in [-0.39, 0.29) is 11.5 Å². The minimum atomic E-state index is -0.929. The van der Waals surface area contributed by atoms with Crippen LogP contribution in [0.5, 0.6) is 0 Å². The van der Waals surface area contributed by atoms with Crippen molar-refractivity contribution < 1.29 is 9.90 Å². The van der Waals surface area contributed by atoms with Crippen LogP contribution in [0.1, 0.15) is 35.9 Å². The molecule has 0 radical (unpaired) electrons. The lowest BCUT2D eigenvalue weighted by atomic mass is 10.2. The van der Waals surface area contributed by atoms with Crippen LogP contribution in [0.25, 0.3) is 5.52 Å². The van der Waals surface area contributed by atoms with Crippen LogP contribution >= 0.6 is 15.9 Å². The molecule has 0 aliphatic rings. The highest BCUT2D eigenvalue weighted by molar-refractivity contribution is 9.10. The lowest BCUT2D eigenvalue weighted by Gasteiger charge is -2.04. The van der Waals surface area contributed by atoms with Gasteiger partial charge in [-0.3, -0.25) is 0 Å². The molecule has 0 bridgehead atoms. The van der Waals surface area contributed by atoms with Crippen molar-refractivity contribution in [2.45, 2.75) is 19.8 Å². The smallest absolute Gasteiger partial charge is 0.337 e. The van der Waals surface area contributed by atoms with Crippen LogP contribution in [-0.2, 0) is 0 Å². The van der Waals surface area contributed by atoms with Gasteiger partial charge in [-0.2, -0.15) is 0 Å². The van der Waals surface area contributed by atoms with Gasteiger partial charge in [0.25, 0.3) is 0 Å². The van der Waals surface area contributed by atoms with Gasteiger partial charge in [0.2, 0.25) is 0 Å². The first-order valence-electron chi connectivity index (χ1n) is 4.91. The van der Waals surface area contributed by atoms with E-state index in [2.05, 4.69) is 20.9 Å². The summed E-state index contributed by atoms with van der Waals surface area (Å²) in [7, 11) is 0. The second-order valence-corrected chi connectivity index (χ2v) is 4.64. The van der Waals surface area contributed by atoms with Crippen molar-refractivity contribution in [2.24, 2.45) is 0 Å². The molecule has 0 aromatic carbocycles. The molecule has 0 amide bonds. The second kappa shape index (κ2) is 3.90. The molecule has 2 heterocycles. The van der Waals surface area contributed by atoms with Crippen LogP contribution in [-0.4, -0.2) is 20.5 Å². The van der Waals surface area contributed by atoms with E-state index in [1.54, 1.807) is 18.3 Å². The molecule has 0 fully saturated rings. The summed E-state index contributed by atoms with van der Waals surface area (Å²) in [5, 5.41) is 8.94. The zero-order valence-corrected chi connectivity index (χ0v) is 10.5. The predicted octanol–water partition coefficient (Wildman–Crippen LogP) is 2.92. The Kier molecular flexibility index (Phi) is 2.71. The molecule has 2 aromatic heterocycles. The van der Waals surface area contributed by atoms with E-state index in [0.717, 1.165) is 15.9 Å². The summed E-state index contributed by atoms with van der Waals surface area (Å²) in [5.41, 5.74) is 1.15. The van der Waals surface area contributed by atoms with Gasteiger partial charge in [0.1, 0.15) is 10.4 Å². The molecule has 1 N–H and O–H groups in total. The zero-order valence-electron chi connectivity index (χ0n) is 8.94. The van der Waals surface area contributed by atoms with Gasteiger partial charge in [0.05, 0.1) is 11.1 Å². The first kappa shape index (κ1) is 11.1. The van der Waals surface area contributed by atoms with Gasteiger partial charge >= 0.3 is 5.97 Å². The normalized spacial score (nSPS) is 11.2. The molecule has 16 heavy (non-hydrogen) atoms. The van der Waals surface area contributed by atoms with E-state index in [1.165, 1.54) is 0 Å². The topological polar surface area (TPSA) is 54.6 Å². The number of nitrogens with zero attached hydrogens (tertiary/aromatic N) is 2. The van der Waals surface area contributed by atoms with Crippen LogP contribution in [0.2, 0.25) is 0 Å². The van der Waals surface area contributed by atoms with Crippen LogP contribution in [0.3, 0.4) is 0 Å². The molecule has 0 aliphatic carbocycles. The van der Waals surface area contributed by atoms with Crippen molar-refractivity contribution in [1.29, 1.82) is 0 Å². The fourth-order valence-electron chi connectivity index (χ4n) is 1.60. The summed E-state index contributed by atoms with van der Waals surface area (Å²) in [6.07, 6.45) is 1.60. The Bertz CT molecular complexity index is 560. The summed E-state index contributed by atoms with van der Waals surface area (Å²) in [6, 6.07) is 3.33. The van der Waals surface area contributed by atoms with Gasteiger partial charge < -0.3 is 9.51 Å². The highest BCUT2D eigenvalue weighted by atomic mass is 79.9. The van der Waals surface area contributed by atoms with Crippen LogP contribution in [0, 0.1) is 0 Å². The minimum Gasteiger partial charge on any atom is -0.478 e. The number of pyridine rings is 1. The Morgan fingerprint density at radius 3 is 2.75 bits per heavy atom. The summed E-state index contributed by atoms with van der Waals surface area (Å²) in [5.74, 6) is 0.161. The van der Waals surface area contributed by atoms with Crippen LogP contribution < -0.4 is 0 Å². The lowest BCUT2D eigenvalue weighted by Crippen LogP contribution is -2.02. The van der Waals surface area contributed by atoms with Crippen molar-refractivity contribution in [1.82, 2.24) is 9.38 Å². The molecule has 0 aliphatic heterocycles. The highest BCUT2D eigenvalue weighted by Crippen LogP contribution is 2.23. The van der Waals surface area contributed by atoms with Crippen molar-refractivity contribution >= 4 is 27.4 Å². The van der Waals surface area contributed by atoms with E-state index >= 15 is 0 Å². The van der Waals surface area contributed by atoms with Gasteiger partial charge in [-0.25, -0.2) is 9.78 Å². The molecular weight excluding hydrogens is 272 g/mol. The van der Waals surface area contributed by atoms with Crippen molar-refractivity contribution in [3.63, 3.8) is 0 Å². The second-order valence-electron chi connectivity index (χ2n) is 3.89. The lowest BCUT2D eigenvalue weighted by molar-refractivity contribution is 0.0696. The summed E-state index contributed by atoms with van der Waals surface area (Å²) in [4.78, 5) is 15.3. The molecule has 84 valence electrons. The first-order chi connectivity index (χ1) is 7.50. The average molecular weight is 283 g/mol. The molecule has 5 heteroatoms. The standard InChI is InChI=1S/C11H11BrN2O2/c1-6(2)10-13-9(12)8-4-3-7(11(15)16)5-14(8)10/h3-6H,1-2H3,(H,15,16). The molecule has 0 saturated carbocycles. The van der Waals surface area contributed by atoms with Gasteiger partial charge in [0.15, 0.2) is 0 Å². The maximum absolute atomic E-state index is 10.9. The first-order valence-corrected chi connectivity index (χ1v) is 5.71. The highest BCUT2D eigenvalue weighted by Gasteiger charge is 2.13. The number of aromatic nitrogens is 2. The number of hydrogen-bond donors (Lipinski definition) is 1. The number of carboxylic acids is 1. The van der Waals surface area contributed by atoms with Gasteiger partial charge in [-0.15, -0.1) is 0 Å². The maximum atomic E-state index is 10.9. The largest absolute Gasteiger partial charge is 0.478 e. The quantitative estimate of drug-likeness (QED) is 0.922. The van der Waals surface area contributed by atoms with Crippen LogP contribution in [0.15, 0.2) is 22.9 Å². The Hall–Kier alpha value is -1.36. The maximum Gasteiger partial charge on any atom is 0.337 e. The summed E-state index contributed by atoms with van der Waals surface area (Å²) in [6.45, 7) is 4.04. The molecular formula is C11H11BrN2O2. The molecule has 0 spiro atoms. The minimum absolute atomic E-state index is 0.239. The van der Waals surface area contributed by atoms with Crippen molar-refractivity contribution in [2.75, 3.05) is 0 Å². The van der Waals surface area contributed by atoms with E-state index < -0.39 is 5.97 Å². The van der Waals surface area contributed by atoms with E-state index in [0.29, 0.717) is 0 Å². The molecule has 2 rings (SSSR count). The predicted molar refractivity (Wildman–Crippen MR) is 63.9 cm³/mol. The Morgan fingerprint density at radius 2 is 2.19 bits per heavy atom. The van der Waals surface area contributed by atoms with E-state index in [4.69, 9.17) is 5.11 Å². The monoisotopic (exact) mass is 282 g/mol.